The predicted octanol–water partition coefficient (Wildman–Crippen LogP) is 1.04. The van der Waals surface area contributed by atoms with Gasteiger partial charge < -0.3 is 11.1 Å². The molecule has 1 aromatic rings. The molecule has 0 atom stereocenters. The molecule has 6 nitrogen and oxygen atoms in total. The van der Waals surface area contributed by atoms with Crippen molar-refractivity contribution < 1.29 is 4.79 Å². The largest absolute Gasteiger partial charge is 0.351 e. The number of hydrogen-bond donors (Lipinski definition) is 3. The molecular weight excluding hydrogens is 242 g/mol. The highest BCUT2D eigenvalue weighted by Gasteiger charge is 2.13. The van der Waals surface area contributed by atoms with Crippen molar-refractivity contribution in [2.45, 2.75) is 32.7 Å². The summed E-state index contributed by atoms with van der Waals surface area (Å²) >= 11 is 0. The van der Waals surface area contributed by atoms with Crippen LogP contribution in [0.2, 0.25) is 0 Å². The molecule has 0 saturated heterocycles. The summed E-state index contributed by atoms with van der Waals surface area (Å²) in [5.41, 5.74) is 5.87. The summed E-state index contributed by atoms with van der Waals surface area (Å²) in [7, 11) is 0. The lowest BCUT2D eigenvalue weighted by molar-refractivity contribution is 0.252. The summed E-state index contributed by atoms with van der Waals surface area (Å²) in [6, 6.07) is 5.11. The number of primary amides is 1. The molecule has 1 rings (SSSR count). The van der Waals surface area contributed by atoms with Crippen molar-refractivity contribution in [2.75, 3.05) is 6.54 Å². The third kappa shape index (κ3) is 7.03. The maximum Gasteiger partial charge on any atom is 0.318 e. The van der Waals surface area contributed by atoms with Gasteiger partial charge in [-0.25, -0.2) is 4.79 Å². The lowest BCUT2D eigenvalue weighted by Crippen LogP contribution is -2.50. The van der Waals surface area contributed by atoms with Crippen LogP contribution in [0.15, 0.2) is 29.4 Å². The molecule has 6 heteroatoms. The first-order valence-electron chi connectivity index (χ1n) is 6.16. The van der Waals surface area contributed by atoms with Gasteiger partial charge in [-0.05, 0) is 32.9 Å². The average Bonchev–Trinajstić information content (AvgIpc) is 2.27. The molecule has 19 heavy (non-hydrogen) atoms. The van der Waals surface area contributed by atoms with Gasteiger partial charge in [0, 0.05) is 30.4 Å². The van der Waals surface area contributed by atoms with Gasteiger partial charge in [0.15, 0.2) is 5.96 Å². The van der Waals surface area contributed by atoms with E-state index in [9.17, 15) is 4.79 Å². The smallest absolute Gasteiger partial charge is 0.318 e. The Bertz CT molecular complexity index is 436. The Hall–Kier alpha value is -2.11. The highest BCUT2D eigenvalue weighted by atomic mass is 16.2. The number of nitrogens with one attached hydrogen (secondary N) is 2. The van der Waals surface area contributed by atoms with Crippen LogP contribution in [0.3, 0.4) is 0 Å². The van der Waals surface area contributed by atoms with Gasteiger partial charge in [-0.1, -0.05) is 6.07 Å². The number of nitrogens with zero attached hydrogens (tertiary/aromatic N) is 2. The predicted molar refractivity (Wildman–Crippen MR) is 75.9 cm³/mol. The van der Waals surface area contributed by atoms with Gasteiger partial charge in [-0.3, -0.25) is 15.3 Å². The van der Waals surface area contributed by atoms with E-state index in [0.717, 1.165) is 5.69 Å². The average molecular weight is 263 g/mol. The number of aliphatic imine (C=N–C) groups is 1. The summed E-state index contributed by atoms with van der Waals surface area (Å²) in [4.78, 5) is 19.4. The first-order chi connectivity index (χ1) is 8.87. The fourth-order valence-corrected chi connectivity index (χ4v) is 1.41. The summed E-state index contributed by atoms with van der Waals surface area (Å²) in [5, 5.41) is 5.57. The number of urea groups is 1. The number of pyridine rings is 1. The SMILES string of the molecule is CC(C)(C)NC(=NCCc1ccccn1)NC(N)=O. The van der Waals surface area contributed by atoms with Crippen molar-refractivity contribution in [3.05, 3.63) is 30.1 Å². The Kier molecular flexibility index (Phi) is 5.29. The Morgan fingerprint density at radius 3 is 2.68 bits per heavy atom. The normalized spacial score (nSPS) is 12.1. The number of carbonyl (C=O) groups is 1. The monoisotopic (exact) mass is 263 g/mol. The molecule has 0 aliphatic heterocycles. The zero-order valence-corrected chi connectivity index (χ0v) is 11.6. The van der Waals surface area contributed by atoms with E-state index in [2.05, 4.69) is 20.6 Å². The lowest BCUT2D eigenvalue weighted by atomic mass is 10.1. The van der Waals surface area contributed by atoms with Gasteiger partial charge >= 0.3 is 6.03 Å². The van der Waals surface area contributed by atoms with Gasteiger partial charge in [-0.2, -0.15) is 0 Å². The van der Waals surface area contributed by atoms with Crippen LogP contribution in [0.5, 0.6) is 0 Å². The molecule has 1 aromatic heterocycles. The van der Waals surface area contributed by atoms with Crippen molar-refractivity contribution in [1.29, 1.82) is 0 Å². The van der Waals surface area contributed by atoms with Crippen LogP contribution >= 0.6 is 0 Å². The molecule has 0 aliphatic carbocycles. The molecule has 1 heterocycles. The Balaban J connectivity index is 2.59. The van der Waals surface area contributed by atoms with Gasteiger partial charge in [0.2, 0.25) is 0 Å². The van der Waals surface area contributed by atoms with E-state index in [0.29, 0.717) is 18.9 Å². The van der Waals surface area contributed by atoms with Gasteiger partial charge in [0.05, 0.1) is 0 Å². The lowest BCUT2D eigenvalue weighted by Gasteiger charge is -2.23. The summed E-state index contributed by atoms with van der Waals surface area (Å²) in [6.45, 7) is 6.45. The van der Waals surface area contributed by atoms with Gasteiger partial charge in [-0.15, -0.1) is 0 Å². The van der Waals surface area contributed by atoms with E-state index in [1.807, 2.05) is 39.0 Å². The summed E-state index contributed by atoms with van der Waals surface area (Å²) < 4.78 is 0. The molecule has 4 N–H and O–H groups in total. The minimum Gasteiger partial charge on any atom is -0.351 e. The minimum absolute atomic E-state index is 0.202. The quantitative estimate of drug-likeness (QED) is 0.562. The van der Waals surface area contributed by atoms with E-state index in [1.54, 1.807) is 6.20 Å². The van der Waals surface area contributed by atoms with E-state index in [-0.39, 0.29) is 5.54 Å². The number of rotatable bonds is 3. The molecule has 0 bridgehead atoms. The number of aromatic nitrogens is 1. The van der Waals surface area contributed by atoms with Crippen molar-refractivity contribution in [3.8, 4) is 0 Å². The van der Waals surface area contributed by atoms with Crippen molar-refractivity contribution in [2.24, 2.45) is 10.7 Å². The zero-order valence-electron chi connectivity index (χ0n) is 11.6. The Labute approximate surface area is 113 Å². The van der Waals surface area contributed by atoms with E-state index in [4.69, 9.17) is 5.73 Å². The number of guanidine groups is 1. The molecule has 0 unspecified atom stereocenters. The molecule has 0 fully saturated rings. The van der Waals surface area contributed by atoms with Crippen molar-refractivity contribution >= 4 is 12.0 Å². The standard InChI is InChI=1S/C13H21N5O/c1-13(2,3)18-12(17-11(14)19)16-9-7-10-6-4-5-8-15-10/h4-6,8H,7,9H2,1-3H3,(H4,14,16,17,18,19). The van der Waals surface area contributed by atoms with Crippen LogP contribution in [0.25, 0.3) is 0 Å². The molecule has 0 aromatic carbocycles. The molecular formula is C13H21N5O. The second-order valence-corrected chi connectivity index (χ2v) is 5.17. The number of hydrogen-bond acceptors (Lipinski definition) is 3. The summed E-state index contributed by atoms with van der Waals surface area (Å²) in [6.07, 6.45) is 2.45. The first-order valence-corrected chi connectivity index (χ1v) is 6.16. The van der Waals surface area contributed by atoms with E-state index < -0.39 is 6.03 Å². The molecule has 104 valence electrons. The van der Waals surface area contributed by atoms with Crippen LogP contribution in [-0.2, 0) is 6.42 Å². The van der Waals surface area contributed by atoms with Crippen LogP contribution in [0.4, 0.5) is 4.79 Å². The Morgan fingerprint density at radius 2 is 2.16 bits per heavy atom. The topological polar surface area (TPSA) is 92.4 Å². The fraction of sp³-hybridized carbons (Fsp3) is 0.462. The second-order valence-electron chi connectivity index (χ2n) is 5.17. The summed E-state index contributed by atoms with van der Waals surface area (Å²) in [5.74, 6) is 0.385. The third-order valence-corrected chi connectivity index (χ3v) is 2.10. The highest BCUT2D eigenvalue weighted by molar-refractivity contribution is 5.95. The van der Waals surface area contributed by atoms with Crippen LogP contribution in [0.1, 0.15) is 26.5 Å². The number of carbonyl (C=O) groups excluding carboxylic acids is 1. The Morgan fingerprint density at radius 1 is 1.42 bits per heavy atom. The first kappa shape index (κ1) is 14.9. The van der Waals surface area contributed by atoms with Gasteiger partial charge in [0.25, 0.3) is 0 Å². The molecule has 2 amide bonds. The van der Waals surface area contributed by atoms with E-state index >= 15 is 0 Å². The molecule has 0 spiro atoms. The van der Waals surface area contributed by atoms with Crippen molar-refractivity contribution in [3.63, 3.8) is 0 Å². The molecule has 0 radical (unpaired) electrons. The minimum atomic E-state index is -0.631. The third-order valence-electron chi connectivity index (χ3n) is 2.10. The molecule has 0 saturated carbocycles. The molecule has 0 aliphatic rings. The zero-order chi connectivity index (χ0) is 14.3. The van der Waals surface area contributed by atoms with E-state index in [1.165, 1.54) is 0 Å². The van der Waals surface area contributed by atoms with Crippen LogP contribution in [0, 0.1) is 0 Å². The number of amides is 2. The highest BCUT2D eigenvalue weighted by Crippen LogP contribution is 1.99. The fourth-order valence-electron chi connectivity index (χ4n) is 1.41. The van der Waals surface area contributed by atoms with Crippen LogP contribution in [-0.4, -0.2) is 29.1 Å². The van der Waals surface area contributed by atoms with Crippen LogP contribution < -0.4 is 16.4 Å². The van der Waals surface area contributed by atoms with Crippen molar-refractivity contribution in [1.82, 2.24) is 15.6 Å². The van der Waals surface area contributed by atoms with Gasteiger partial charge in [0.1, 0.15) is 0 Å². The maximum absolute atomic E-state index is 10.9. The number of nitrogens with two attached hydrogens (primary N) is 1. The second kappa shape index (κ2) is 6.72. The maximum atomic E-state index is 10.9.